The number of hydrogen-bond donors (Lipinski definition) is 0. The van der Waals surface area contributed by atoms with Gasteiger partial charge in [0.2, 0.25) is 6.79 Å². The molecule has 28 heavy (non-hydrogen) atoms. The summed E-state index contributed by atoms with van der Waals surface area (Å²) in [6.07, 6.45) is 0. The van der Waals surface area contributed by atoms with Crippen molar-refractivity contribution in [3.63, 3.8) is 0 Å². The van der Waals surface area contributed by atoms with Gasteiger partial charge in [-0.2, -0.15) is 0 Å². The topological polar surface area (TPSA) is 68.3 Å². The molecule has 8 heteroatoms. The average molecular weight is 403 g/mol. The molecule has 0 unspecified atom stereocenters. The predicted molar refractivity (Wildman–Crippen MR) is 102 cm³/mol. The number of methoxy groups -OCH3 is 1. The van der Waals surface area contributed by atoms with Crippen LogP contribution in [0.3, 0.4) is 0 Å². The van der Waals surface area contributed by atoms with E-state index >= 15 is 0 Å². The van der Waals surface area contributed by atoms with Crippen molar-refractivity contribution in [2.24, 2.45) is 0 Å². The number of fused-ring (bicyclic) bond motifs is 1. The highest BCUT2D eigenvalue weighted by molar-refractivity contribution is 6.31. The standard InChI is InChI=1S/C20H19ClN2O5/c1-26-16-5-3-14(21)11-15(16)20(25)23-8-6-22(7-9-23)19(24)13-2-4-17-18(10-13)28-12-27-17/h2-5,10-11H,6-9,12H2,1H3. The van der Waals surface area contributed by atoms with E-state index in [4.69, 9.17) is 25.8 Å². The lowest BCUT2D eigenvalue weighted by atomic mass is 10.1. The first-order chi connectivity index (χ1) is 13.6. The van der Waals surface area contributed by atoms with Crippen LogP contribution in [0, 0.1) is 0 Å². The maximum atomic E-state index is 12.9. The van der Waals surface area contributed by atoms with Crippen molar-refractivity contribution in [3.8, 4) is 17.2 Å². The Morgan fingerprint density at radius 3 is 2.32 bits per heavy atom. The van der Waals surface area contributed by atoms with Crippen LogP contribution < -0.4 is 14.2 Å². The lowest BCUT2D eigenvalue weighted by Crippen LogP contribution is -2.50. The van der Waals surface area contributed by atoms with E-state index in [2.05, 4.69) is 0 Å². The summed E-state index contributed by atoms with van der Waals surface area (Å²) < 4.78 is 15.9. The Morgan fingerprint density at radius 1 is 0.929 bits per heavy atom. The van der Waals surface area contributed by atoms with Crippen LogP contribution in [-0.4, -0.2) is 61.7 Å². The second-order valence-electron chi connectivity index (χ2n) is 6.50. The summed E-state index contributed by atoms with van der Waals surface area (Å²) in [7, 11) is 1.52. The van der Waals surface area contributed by atoms with Crippen LogP contribution in [0.5, 0.6) is 17.2 Å². The number of hydrogen-bond acceptors (Lipinski definition) is 5. The molecule has 1 fully saturated rings. The van der Waals surface area contributed by atoms with Crippen LogP contribution >= 0.6 is 11.6 Å². The maximum absolute atomic E-state index is 12.9. The monoisotopic (exact) mass is 402 g/mol. The first-order valence-corrected chi connectivity index (χ1v) is 9.26. The molecule has 2 aromatic rings. The van der Waals surface area contributed by atoms with E-state index < -0.39 is 0 Å². The normalized spacial score (nSPS) is 15.5. The van der Waals surface area contributed by atoms with Gasteiger partial charge in [-0.1, -0.05) is 11.6 Å². The first-order valence-electron chi connectivity index (χ1n) is 8.88. The van der Waals surface area contributed by atoms with E-state index in [9.17, 15) is 9.59 Å². The van der Waals surface area contributed by atoms with E-state index in [0.717, 1.165) is 0 Å². The van der Waals surface area contributed by atoms with Gasteiger partial charge in [0.25, 0.3) is 11.8 Å². The number of carbonyl (C=O) groups excluding carboxylic acids is 2. The Morgan fingerprint density at radius 2 is 1.61 bits per heavy atom. The Balaban J connectivity index is 1.42. The molecule has 0 aliphatic carbocycles. The molecule has 7 nitrogen and oxygen atoms in total. The highest BCUT2D eigenvalue weighted by Crippen LogP contribution is 2.33. The molecule has 0 radical (unpaired) electrons. The number of nitrogens with zero attached hydrogens (tertiary/aromatic N) is 2. The van der Waals surface area contributed by atoms with Gasteiger partial charge in [0.05, 0.1) is 12.7 Å². The Kier molecular flexibility index (Phi) is 5.00. The van der Waals surface area contributed by atoms with Gasteiger partial charge in [0.1, 0.15) is 5.75 Å². The molecule has 1 saturated heterocycles. The van der Waals surface area contributed by atoms with Crippen LogP contribution in [0.1, 0.15) is 20.7 Å². The zero-order chi connectivity index (χ0) is 19.7. The zero-order valence-electron chi connectivity index (χ0n) is 15.3. The van der Waals surface area contributed by atoms with Crippen molar-refractivity contribution in [3.05, 3.63) is 52.5 Å². The van der Waals surface area contributed by atoms with Crippen LogP contribution in [-0.2, 0) is 0 Å². The lowest BCUT2D eigenvalue weighted by molar-refractivity contribution is 0.0533. The molecule has 2 aliphatic rings. The fourth-order valence-corrected chi connectivity index (χ4v) is 3.51. The fraction of sp³-hybridized carbons (Fsp3) is 0.300. The van der Waals surface area contributed by atoms with Crippen molar-refractivity contribution in [2.45, 2.75) is 0 Å². The van der Waals surface area contributed by atoms with Crippen molar-refractivity contribution in [2.75, 3.05) is 40.1 Å². The third-order valence-electron chi connectivity index (χ3n) is 4.87. The summed E-state index contributed by atoms with van der Waals surface area (Å²) in [6, 6.07) is 10.1. The number of carbonyl (C=O) groups is 2. The van der Waals surface area contributed by atoms with Gasteiger partial charge in [-0.3, -0.25) is 9.59 Å². The molecule has 0 bridgehead atoms. The van der Waals surface area contributed by atoms with Crippen molar-refractivity contribution >= 4 is 23.4 Å². The summed E-state index contributed by atoms with van der Waals surface area (Å²) in [4.78, 5) is 29.1. The molecule has 0 atom stereocenters. The summed E-state index contributed by atoms with van der Waals surface area (Å²) >= 11 is 6.03. The number of benzene rings is 2. The summed E-state index contributed by atoms with van der Waals surface area (Å²) in [6.45, 7) is 1.93. The van der Waals surface area contributed by atoms with Crippen molar-refractivity contribution < 1.29 is 23.8 Å². The first kappa shape index (κ1) is 18.4. The Bertz CT molecular complexity index is 925. The van der Waals surface area contributed by atoms with E-state index in [-0.39, 0.29) is 18.6 Å². The molecule has 2 amide bonds. The van der Waals surface area contributed by atoms with E-state index in [1.54, 1.807) is 46.2 Å². The number of ether oxygens (including phenoxy) is 3. The minimum atomic E-state index is -0.158. The highest BCUT2D eigenvalue weighted by Gasteiger charge is 2.28. The minimum absolute atomic E-state index is 0.0919. The SMILES string of the molecule is COc1ccc(Cl)cc1C(=O)N1CCN(C(=O)c2ccc3c(c2)OCO3)CC1. The zero-order valence-corrected chi connectivity index (χ0v) is 16.1. The number of amides is 2. The molecule has 0 saturated carbocycles. The molecule has 0 spiro atoms. The van der Waals surface area contributed by atoms with Gasteiger partial charge in [-0.15, -0.1) is 0 Å². The minimum Gasteiger partial charge on any atom is -0.496 e. The fourth-order valence-electron chi connectivity index (χ4n) is 3.34. The average Bonchev–Trinajstić information content (AvgIpc) is 3.20. The quantitative estimate of drug-likeness (QED) is 0.789. The molecule has 2 aromatic carbocycles. The van der Waals surface area contributed by atoms with Gasteiger partial charge < -0.3 is 24.0 Å². The van der Waals surface area contributed by atoms with Crippen LogP contribution in [0.2, 0.25) is 5.02 Å². The molecule has 0 N–H and O–H groups in total. The number of rotatable bonds is 3. The van der Waals surface area contributed by atoms with Gasteiger partial charge in [0.15, 0.2) is 11.5 Å². The summed E-state index contributed by atoms with van der Waals surface area (Å²) in [5.41, 5.74) is 0.964. The number of halogens is 1. The van der Waals surface area contributed by atoms with Crippen LogP contribution in [0.25, 0.3) is 0 Å². The Labute approximate surface area is 167 Å². The van der Waals surface area contributed by atoms with Gasteiger partial charge in [-0.05, 0) is 36.4 Å². The summed E-state index contributed by atoms with van der Waals surface area (Å²) in [5, 5.41) is 0.473. The largest absolute Gasteiger partial charge is 0.496 e. The summed E-state index contributed by atoms with van der Waals surface area (Å²) in [5.74, 6) is 1.45. The molecular formula is C20H19ClN2O5. The maximum Gasteiger partial charge on any atom is 0.257 e. The molecule has 2 heterocycles. The lowest BCUT2D eigenvalue weighted by Gasteiger charge is -2.35. The number of piperazine rings is 1. The highest BCUT2D eigenvalue weighted by atomic mass is 35.5. The molecule has 2 aliphatic heterocycles. The molecule has 4 rings (SSSR count). The Hall–Kier alpha value is -2.93. The molecular weight excluding hydrogens is 384 g/mol. The van der Waals surface area contributed by atoms with Gasteiger partial charge in [-0.25, -0.2) is 0 Å². The predicted octanol–water partition coefficient (Wildman–Crippen LogP) is 2.68. The smallest absolute Gasteiger partial charge is 0.257 e. The van der Waals surface area contributed by atoms with Gasteiger partial charge in [0, 0.05) is 36.8 Å². The van der Waals surface area contributed by atoms with E-state index in [1.165, 1.54) is 7.11 Å². The van der Waals surface area contributed by atoms with E-state index in [0.29, 0.717) is 59.6 Å². The van der Waals surface area contributed by atoms with Crippen LogP contribution in [0.4, 0.5) is 0 Å². The molecule has 146 valence electrons. The molecule has 0 aromatic heterocycles. The van der Waals surface area contributed by atoms with E-state index in [1.807, 2.05) is 0 Å². The van der Waals surface area contributed by atoms with Crippen LogP contribution in [0.15, 0.2) is 36.4 Å². The second-order valence-corrected chi connectivity index (χ2v) is 6.93. The van der Waals surface area contributed by atoms with Crippen molar-refractivity contribution in [1.82, 2.24) is 9.80 Å². The third kappa shape index (κ3) is 3.45. The van der Waals surface area contributed by atoms with Crippen molar-refractivity contribution in [1.29, 1.82) is 0 Å². The second kappa shape index (κ2) is 7.59. The third-order valence-corrected chi connectivity index (χ3v) is 5.10. The van der Waals surface area contributed by atoms with Gasteiger partial charge >= 0.3 is 0 Å².